The van der Waals surface area contributed by atoms with Crippen molar-refractivity contribution in [3.05, 3.63) is 82.3 Å². The van der Waals surface area contributed by atoms with Crippen molar-refractivity contribution in [1.29, 1.82) is 0 Å². The molecule has 1 aliphatic heterocycles. The van der Waals surface area contributed by atoms with E-state index in [1.54, 1.807) is 32.3 Å². The molecule has 4 rings (SSSR count). The first-order valence-electron chi connectivity index (χ1n) is 11.8. The van der Waals surface area contributed by atoms with Gasteiger partial charge in [0.25, 0.3) is 5.91 Å². The number of benzene rings is 3. The topological polar surface area (TPSA) is 60.4 Å². The van der Waals surface area contributed by atoms with Gasteiger partial charge in [-0.05, 0) is 78.2 Å². The van der Waals surface area contributed by atoms with E-state index in [1.165, 1.54) is 22.9 Å². The lowest BCUT2D eigenvalue weighted by Crippen LogP contribution is -2.28. The number of aliphatic imine (C=N–C) groups is 1. The van der Waals surface area contributed by atoms with Crippen molar-refractivity contribution in [2.45, 2.75) is 26.7 Å². The molecule has 0 N–H and O–H groups in total. The van der Waals surface area contributed by atoms with E-state index in [0.717, 1.165) is 24.2 Å². The fraction of sp³-hybridized carbons (Fsp3) is 0.241. The van der Waals surface area contributed by atoms with Gasteiger partial charge in [0.15, 0.2) is 16.7 Å². The number of amidine groups is 1. The number of ether oxygens (including phenoxy) is 3. The second kappa shape index (κ2) is 11.4. The Bertz CT molecular complexity index is 1300. The molecule has 0 atom stereocenters. The summed E-state index contributed by atoms with van der Waals surface area (Å²) in [4.78, 5) is 20.7. The highest BCUT2D eigenvalue weighted by Gasteiger charge is 2.35. The van der Waals surface area contributed by atoms with Gasteiger partial charge >= 0.3 is 0 Å². The molecule has 0 saturated carbocycles. The summed E-state index contributed by atoms with van der Waals surface area (Å²) in [5, 5.41) is 0.596. The Morgan fingerprint density at radius 3 is 1.97 bits per heavy atom. The standard InChI is InChI=1S/C29H30N2O4S/c1-6-19-8-13-22(14-9-19)30-29-31(23-15-10-20(7-2)11-16-23)28(32)25(36-29)18-21-12-17-24(33-3)27(35-5)26(21)34-4/h8-18H,6-7H2,1-5H3/b25-18-,30-29?. The quantitative estimate of drug-likeness (QED) is 0.323. The van der Waals surface area contributed by atoms with E-state index in [0.29, 0.717) is 32.9 Å². The number of thioether (sulfide) groups is 1. The van der Waals surface area contributed by atoms with Gasteiger partial charge in [0.1, 0.15) is 0 Å². The zero-order valence-electron chi connectivity index (χ0n) is 21.2. The SMILES string of the molecule is CCc1ccc(N=C2S/C(=C\c3ccc(OC)c(OC)c3OC)C(=O)N2c2ccc(CC)cc2)cc1. The first kappa shape index (κ1) is 25.4. The van der Waals surface area contributed by atoms with Crippen molar-refractivity contribution in [2.75, 3.05) is 26.2 Å². The zero-order chi connectivity index (χ0) is 25.7. The molecule has 1 fully saturated rings. The molecule has 0 radical (unpaired) electrons. The van der Waals surface area contributed by atoms with Crippen molar-refractivity contribution < 1.29 is 19.0 Å². The third kappa shape index (κ3) is 5.11. The van der Waals surface area contributed by atoms with E-state index in [2.05, 4.69) is 26.0 Å². The molecule has 0 aliphatic carbocycles. The number of hydrogen-bond donors (Lipinski definition) is 0. The number of hydrogen-bond acceptors (Lipinski definition) is 6. The first-order chi connectivity index (χ1) is 17.5. The highest BCUT2D eigenvalue weighted by molar-refractivity contribution is 8.19. The predicted molar refractivity (Wildman–Crippen MR) is 148 cm³/mol. The Morgan fingerprint density at radius 2 is 1.42 bits per heavy atom. The molecule has 0 bridgehead atoms. The third-order valence-corrected chi connectivity index (χ3v) is 6.97. The van der Waals surface area contributed by atoms with Gasteiger partial charge in [-0.15, -0.1) is 0 Å². The Balaban J connectivity index is 1.79. The minimum atomic E-state index is -0.148. The van der Waals surface area contributed by atoms with E-state index < -0.39 is 0 Å². The number of carbonyl (C=O) groups is 1. The molecule has 0 aromatic heterocycles. The van der Waals surface area contributed by atoms with Crippen LogP contribution in [0.4, 0.5) is 11.4 Å². The van der Waals surface area contributed by atoms with Crippen molar-refractivity contribution in [2.24, 2.45) is 4.99 Å². The third-order valence-electron chi connectivity index (χ3n) is 6.00. The van der Waals surface area contributed by atoms with E-state index in [-0.39, 0.29) is 5.91 Å². The number of carbonyl (C=O) groups excluding carboxylic acids is 1. The predicted octanol–water partition coefficient (Wildman–Crippen LogP) is 6.65. The van der Waals surface area contributed by atoms with Gasteiger partial charge in [0.2, 0.25) is 5.75 Å². The van der Waals surface area contributed by atoms with Crippen LogP contribution in [0.15, 0.2) is 70.6 Å². The number of amides is 1. The van der Waals surface area contributed by atoms with Crippen molar-refractivity contribution in [3.8, 4) is 17.2 Å². The van der Waals surface area contributed by atoms with Crippen LogP contribution in [0.3, 0.4) is 0 Å². The maximum atomic E-state index is 13.7. The van der Waals surface area contributed by atoms with E-state index in [1.807, 2.05) is 48.5 Å². The average molecular weight is 503 g/mol. The lowest BCUT2D eigenvalue weighted by Gasteiger charge is -2.16. The van der Waals surface area contributed by atoms with Crippen LogP contribution in [0.5, 0.6) is 17.2 Å². The Kier molecular flexibility index (Phi) is 8.00. The minimum absolute atomic E-state index is 0.148. The van der Waals surface area contributed by atoms with Gasteiger partial charge in [-0.2, -0.15) is 0 Å². The molecule has 3 aromatic carbocycles. The summed E-state index contributed by atoms with van der Waals surface area (Å²) in [6.07, 6.45) is 3.70. The molecule has 6 nitrogen and oxygen atoms in total. The molecular weight excluding hydrogens is 472 g/mol. The fourth-order valence-corrected chi connectivity index (χ4v) is 4.94. The van der Waals surface area contributed by atoms with Crippen molar-refractivity contribution >= 4 is 40.3 Å². The van der Waals surface area contributed by atoms with Crippen LogP contribution in [-0.4, -0.2) is 32.4 Å². The Labute approximate surface area is 216 Å². The van der Waals surface area contributed by atoms with E-state index >= 15 is 0 Å². The molecule has 1 amide bonds. The van der Waals surface area contributed by atoms with E-state index in [9.17, 15) is 4.79 Å². The fourth-order valence-electron chi connectivity index (χ4n) is 3.95. The van der Waals surface area contributed by atoms with Crippen LogP contribution >= 0.6 is 11.8 Å². The van der Waals surface area contributed by atoms with Crippen LogP contribution in [0.1, 0.15) is 30.5 Å². The summed E-state index contributed by atoms with van der Waals surface area (Å²) < 4.78 is 16.5. The first-order valence-corrected chi connectivity index (χ1v) is 12.6. The van der Waals surface area contributed by atoms with Crippen molar-refractivity contribution in [3.63, 3.8) is 0 Å². The highest BCUT2D eigenvalue weighted by Crippen LogP contribution is 2.43. The number of rotatable bonds is 8. The number of methoxy groups -OCH3 is 3. The summed E-state index contributed by atoms with van der Waals surface area (Å²) in [6.45, 7) is 4.23. The number of anilines is 1. The number of aryl methyl sites for hydroxylation is 2. The molecule has 1 aliphatic rings. The average Bonchev–Trinajstić information content (AvgIpc) is 3.22. The molecule has 0 unspecified atom stereocenters. The summed E-state index contributed by atoms with van der Waals surface area (Å²) in [5.41, 5.74) is 4.72. The largest absolute Gasteiger partial charge is 0.493 e. The maximum Gasteiger partial charge on any atom is 0.271 e. The molecular formula is C29H30N2O4S. The highest BCUT2D eigenvalue weighted by atomic mass is 32.2. The van der Waals surface area contributed by atoms with Gasteiger partial charge in [-0.1, -0.05) is 38.1 Å². The molecule has 7 heteroatoms. The Morgan fingerprint density at radius 1 is 0.806 bits per heavy atom. The summed E-state index contributed by atoms with van der Waals surface area (Å²) >= 11 is 1.33. The van der Waals surface area contributed by atoms with Crippen LogP contribution in [0, 0.1) is 0 Å². The minimum Gasteiger partial charge on any atom is -0.493 e. The summed E-state index contributed by atoms with van der Waals surface area (Å²) in [5.74, 6) is 1.38. The van der Waals surface area contributed by atoms with Crippen LogP contribution in [-0.2, 0) is 17.6 Å². The summed E-state index contributed by atoms with van der Waals surface area (Å²) in [7, 11) is 4.70. The smallest absolute Gasteiger partial charge is 0.271 e. The zero-order valence-corrected chi connectivity index (χ0v) is 22.0. The van der Waals surface area contributed by atoms with E-state index in [4.69, 9.17) is 19.2 Å². The van der Waals surface area contributed by atoms with Gasteiger partial charge in [0, 0.05) is 5.56 Å². The second-order valence-corrected chi connectivity index (χ2v) is 9.12. The van der Waals surface area contributed by atoms with Crippen LogP contribution in [0.25, 0.3) is 6.08 Å². The monoisotopic (exact) mass is 502 g/mol. The molecule has 36 heavy (non-hydrogen) atoms. The lowest BCUT2D eigenvalue weighted by molar-refractivity contribution is -0.113. The van der Waals surface area contributed by atoms with Crippen molar-refractivity contribution in [1.82, 2.24) is 0 Å². The molecule has 3 aromatic rings. The summed E-state index contributed by atoms with van der Waals surface area (Å²) in [6, 6.07) is 19.7. The molecule has 1 heterocycles. The second-order valence-electron chi connectivity index (χ2n) is 8.11. The lowest BCUT2D eigenvalue weighted by atomic mass is 10.1. The van der Waals surface area contributed by atoms with Gasteiger partial charge in [-0.3, -0.25) is 9.69 Å². The maximum absolute atomic E-state index is 13.7. The molecule has 186 valence electrons. The van der Waals surface area contributed by atoms with Crippen LogP contribution < -0.4 is 19.1 Å². The van der Waals surface area contributed by atoms with Crippen LogP contribution in [0.2, 0.25) is 0 Å². The van der Waals surface area contributed by atoms with Gasteiger partial charge in [-0.25, -0.2) is 4.99 Å². The Hall–Kier alpha value is -3.71. The molecule has 0 spiro atoms. The number of nitrogens with zero attached hydrogens (tertiary/aromatic N) is 2. The van der Waals surface area contributed by atoms with Gasteiger partial charge < -0.3 is 14.2 Å². The van der Waals surface area contributed by atoms with Gasteiger partial charge in [0.05, 0.1) is 37.6 Å². The molecule has 1 saturated heterocycles. The normalized spacial score (nSPS) is 15.6.